The van der Waals surface area contributed by atoms with Crippen LogP contribution in [0.3, 0.4) is 0 Å². The fourth-order valence-corrected chi connectivity index (χ4v) is 6.85. The summed E-state index contributed by atoms with van der Waals surface area (Å²) in [5.74, 6) is -2.16. The number of fused-ring (bicyclic) bond motifs is 1. The number of halogens is 4. The lowest BCUT2D eigenvalue weighted by Crippen LogP contribution is -2.51. The lowest BCUT2D eigenvalue weighted by atomic mass is 9.90. The predicted octanol–water partition coefficient (Wildman–Crippen LogP) is 4.14. The van der Waals surface area contributed by atoms with Gasteiger partial charge in [-0.25, -0.2) is 4.98 Å². The monoisotopic (exact) mass is 621 g/mol. The number of likely N-dealkylation sites (tertiary alicyclic amines) is 1. The number of aryl methyl sites for hydroxylation is 1. The van der Waals surface area contributed by atoms with Crippen molar-refractivity contribution in [1.29, 1.82) is 0 Å². The molecule has 0 spiro atoms. The summed E-state index contributed by atoms with van der Waals surface area (Å²) in [5, 5.41) is 15.4. The summed E-state index contributed by atoms with van der Waals surface area (Å²) in [5.41, 5.74) is 0.159. The number of ether oxygens (including phenoxy) is 1. The number of hydrogen-bond donors (Lipinski definition) is 2. The second kappa shape index (κ2) is 10.6. The van der Waals surface area contributed by atoms with Gasteiger partial charge in [0.25, 0.3) is 5.56 Å². The van der Waals surface area contributed by atoms with E-state index in [1.807, 2.05) is 32.0 Å². The maximum atomic E-state index is 13.5. The molecule has 0 bridgehead atoms. The number of alkyl halides is 3. The zero-order valence-corrected chi connectivity index (χ0v) is 25.0. The van der Waals surface area contributed by atoms with Gasteiger partial charge in [-0.2, -0.15) is 13.2 Å². The van der Waals surface area contributed by atoms with Gasteiger partial charge in [-0.3, -0.25) is 18.7 Å². The van der Waals surface area contributed by atoms with Crippen molar-refractivity contribution in [2.24, 2.45) is 11.3 Å². The van der Waals surface area contributed by atoms with E-state index in [4.69, 9.17) is 16.3 Å². The third-order valence-corrected chi connectivity index (χ3v) is 9.67. The van der Waals surface area contributed by atoms with Crippen LogP contribution in [0, 0.1) is 18.3 Å². The number of morpholine rings is 1. The average Bonchev–Trinajstić information content (AvgIpc) is 3.56. The van der Waals surface area contributed by atoms with Crippen LogP contribution < -0.4 is 10.9 Å². The minimum atomic E-state index is -4.40. The van der Waals surface area contributed by atoms with E-state index >= 15 is 0 Å². The minimum absolute atomic E-state index is 0.0646. The molecule has 0 radical (unpaired) electrons. The lowest BCUT2D eigenvalue weighted by Gasteiger charge is -2.39. The number of hydrogen-bond acceptors (Lipinski definition) is 6. The normalized spacial score (nSPS) is 27.4. The fourth-order valence-electron chi connectivity index (χ4n) is 6.56. The molecule has 1 saturated carbocycles. The molecule has 1 aromatic carbocycles. The molecular weight excluding hydrogens is 587 g/mol. The van der Waals surface area contributed by atoms with Crippen molar-refractivity contribution < 1.29 is 27.8 Å². The highest BCUT2D eigenvalue weighted by atomic mass is 35.5. The summed E-state index contributed by atoms with van der Waals surface area (Å²) in [6.45, 7) is 6.89. The first-order valence-electron chi connectivity index (χ1n) is 14.5. The number of carbonyl (C=O) groups excluding carboxylic acids is 1. The van der Waals surface area contributed by atoms with Crippen LogP contribution in [0.2, 0.25) is 5.15 Å². The molecule has 6 rings (SSSR count). The van der Waals surface area contributed by atoms with Gasteiger partial charge < -0.3 is 20.1 Å². The Bertz CT molecular complexity index is 1620. The van der Waals surface area contributed by atoms with Crippen LogP contribution in [0.4, 0.5) is 13.2 Å². The highest BCUT2D eigenvalue weighted by Gasteiger charge is 2.68. The van der Waals surface area contributed by atoms with Crippen molar-refractivity contribution in [3.05, 3.63) is 57.2 Å². The first kappa shape index (κ1) is 30.1. The Balaban J connectivity index is 1.18. The molecule has 2 aliphatic heterocycles. The highest BCUT2D eigenvalue weighted by Crippen LogP contribution is 2.61. The van der Waals surface area contributed by atoms with Gasteiger partial charge in [0.1, 0.15) is 11.5 Å². The first-order valence-corrected chi connectivity index (χ1v) is 14.9. The number of benzene rings is 1. The van der Waals surface area contributed by atoms with Crippen LogP contribution in [0.25, 0.3) is 16.7 Å². The van der Waals surface area contributed by atoms with Crippen molar-refractivity contribution in [3.63, 3.8) is 0 Å². The van der Waals surface area contributed by atoms with E-state index < -0.39 is 29.0 Å². The van der Waals surface area contributed by atoms with E-state index in [2.05, 4.69) is 10.3 Å². The van der Waals surface area contributed by atoms with E-state index in [0.29, 0.717) is 22.8 Å². The van der Waals surface area contributed by atoms with Crippen LogP contribution in [-0.2, 0) is 16.1 Å². The number of aromatic nitrogens is 3. The summed E-state index contributed by atoms with van der Waals surface area (Å²) in [6.07, 6.45) is -2.82. The van der Waals surface area contributed by atoms with E-state index in [9.17, 15) is 27.9 Å². The van der Waals surface area contributed by atoms with Gasteiger partial charge in [-0.05, 0) is 62.4 Å². The molecule has 9 nitrogen and oxygen atoms in total. The molecule has 13 heteroatoms. The number of rotatable bonds is 5. The molecule has 4 heterocycles. The van der Waals surface area contributed by atoms with Crippen LogP contribution >= 0.6 is 11.6 Å². The number of amides is 1. The summed E-state index contributed by atoms with van der Waals surface area (Å²) in [4.78, 5) is 32.3. The Morgan fingerprint density at radius 1 is 1.26 bits per heavy atom. The van der Waals surface area contributed by atoms with E-state index in [0.717, 1.165) is 23.4 Å². The van der Waals surface area contributed by atoms with Crippen molar-refractivity contribution in [2.75, 3.05) is 26.2 Å². The molecule has 4 atom stereocenters. The largest absolute Gasteiger partial charge is 0.392 e. The summed E-state index contributed by atoms with van der Waals surface area (Å²) < 4.78 is 48.3. The quantitative estimate of drug-likeness (QED) is 0.444. The number of carbonyl (C=O) groups is 1. The van der Waals surface area contributed by atoms with Gasteiger partial charge in [0.15, 0.2) is 5.65 Å². The number of piperidine rings is 1. The predicted molar refractivity (Wildman–Crippen MR) is 154 cm³/mol. The molecule has 1 amide bonds. The topological polar surface area (TPSA) is 102 Å². The third-order valence-electron chi connectivity index (χ3n) is 9.39. The maximum absolute atomic E-state index is 13.5. The Kier molecular flexibility index (Phi) is 7.43. The van der Waals surface area contributed by atoms with Crippen molar-refractivity contribution in [2.45, 2.75) is 70.5 Å². The van der Waals surface area contributed by atoms with Crippen molar-refractivity contribution in [1.82, 2.24) is 24.3 Å². The van der Waals surface area contributed by atoms with Crippen LogP contribution in [0.15, 0.2) is 35.4 Å². The molecule has 43 heavy (non-hydrogen) atoms. The average molecular weight is 622 g/mol. The summed E-state index contributed by atoms with van der Waals surface area (Å²) in [7, 11) is 0. The van der Waals surface area contributed by atoms with Gasteiger partial charge in [-0.1, -0.05) is 24.6 Å². The molecular formula is C30H35ClF3N5O4. The van der Waals surface area contributed by atoms with E-state index in [1.165, 1.54) is 22.7 Å². The summed E-state index contributed by atoms with van der Waals surface area (Å²) >= 11 is 6.61. The molecule has 0 unspecified atom stereocenters. The van der Waals surface area contributed by atoms with Gasteiger partial charge >= 0.3 is 6.18 Å². The number of aliphatic hydroxyl groups is 1. The lowest BCUT2D eigenvalue weighted by molar-refractivity contribution is -0.165. The van der Waals surface area contributed by atoms with Crippen LogP contribution in [-0.4, -0.2) is 74.2 Å². The Morgan fingerprint density at radius 3 is 2.58 bits per heavy atom. The molecule has 2 aromatic heterocycles. The molecule has 3 aromatic rings. The summed E-state index contributed by atoms with van der Waals surface area (Å²) in [6, 6.07) is 7.58. The SMILES string of the molecule is Cc1cc(-n2c(Cl)cc3c(=O)n(CC4(O)CCN(C(=O)[C@]5(C)C[C@H]5C(F)(F)F)CC4)cnc32)ccc1[C@H]1CO[C@H](C)CN1. The van der Waals surface area contributed by atoms with Gasteiger partial charge in [-0.15, -0.1) is 0 Å². The van der Waals surface area contributed by atoms with Gasteiger partial charge in [0.2, 0.25) is 5.91 Å². The van der Waals surface area contributed by atoms with Crippen LogP contribution in [0.5, 0.6) is 0 Å². The second-order valence-corrected chi connectivity index (χ2v) is 13.0. The second-order valence-electron chi connectivity index (χ2n) is 12.6. The molecule has 3 fully saturated rings. The smallest absolute Gasteiger partial charge is 0.388 e. The number of nitrogens with one attached hydrogen (secondary N) is 1. The Hall–Kier alpha value is -2.93. The van der Waals surface area contributed by atoms with Crippen molar-refractivity contribution in [3.8, 4) is 5.69 Å². The van der Waals surface area contributed by atoms with Crippen LogP contribution in [0.1, 0.15) is 50.3 Å². The highest BCUT2D eigenvalue weighted by molar-refractivity contribution is 6.31. The van der Waals surface area contributed by atoms with Gasteiger partial charge in [0.05, 0.1) is 47.6 Å². The molecule has 232 valence electrons. The molecule has 3 aliphatic rings. The standard InChI is InChI=1S/C30H35ClF3N5O4/c1-17-10-19(4-5-20(17)22-14-43-18(2)13-35-22)39-24(31)11-21-25(39)36-16-38(26(21)40)15-29(42)6-8-37(9-7-29)27(41)28(3)12-23(28)30(32,33)34/h4-5,10-11,16,18,22-23,35,42H,6-9,12-15H2,1-3H3/t18-,22-,23-,28-/m1/s1. The van der Waals surface area contributed by atoms with Crippen molar-refractivity contribution >= 4 is 28.5 Å². The zero-order valence-electron chi connectivity index (χ0n) is 24.2. The van der Waals surface area contributed by atoms with Gasteiger partial charge in [0, 0.05) is 25.3 Å². The third kappa shape index (κ3) is 5.47. The zero-order chi connectivity index (χ0) is 30.9. The number of nitrogens with zero attached hydrogens (tertiary/aromatic N) is 4. The Labute approximate surface area is 251 Å². The van der Waals surface area contributed by atoms with E-state index in [1.54, 1.807) is 10.6 Å². The minimum Gasteiger partial charge on any atom is -0.388 e. The fraction of sp³-hybridized carbons (Fsp3) is 0.567. The molecule has 2 N–H and O–H groups in total. The maximum Gasteiger partial charge on any atom is 0.392 e. The van der Waals surface area contributed by atoms with E-state index in [-0.39, 0.29) is 56.6 Å². The molecule has 1 aliphatic carbocycles. The Morgan fingerprint density at radius 2 is 1.98 bits per heavy atom. The first-order chi connectivity index (χ1) is 20.2. The molecule has 2 saturated heterocycles.